The summed E-state index contributed by atoms with van der Waals surface area (Å²) in [6, 6.07) is 4.20. The van der Waals surface area contributed by atoms with Gasteiger partial charge in [-0.3, -0.25) is 0 Å². The molecule has 1 unspecified atom stereocenters. The van der Waals surface area contributed by atoms with E-state index >= 15 is 0 Å². The molecule has 0 saturated heterocycles. The van der Waals surface area contributed by atoms with Crippen molar-refractivity contribution in [1.29, 1.82) is 0 Å². The van der Waals surface area contributed by atoms with E-state index in [1.807, 2.05) is 24.6 Å². The van der Waals surface area contributed by atoms with Gasteiger partial charge in [0.2, 0.25) is 0 Å². The summed E-state index contributed by atoms with van der Waals surface area (Å²) in [7, 11) is 0. The molecule has 0 saturated carbocycles. The van der Waals surface area contributed by atoms with Gasteiger partial charge in [-0.15, -0.1) is 11.3 Å². The summed E-state index contributed by atoms with van der Waals surface area (Å²) in [5, 5.41) is 3.40. The Bertz CT molecular complexity index is 408. The van der Waals surface area contributed by atoms with Crippen LogP contribution in [0.3, 0.4) is 0 Å². The van der Waals surface area contributed by atoms with Gasteiger partial charge in [-0.05, 0) is 26.0 Å². The van der Waals surface area contributed by atoms with Gasteiger partial charge < -0.3 is 9.73 Å². The number of hydrogen-bond acceptors (Lipinski definition) is 4. The second kappa shape index (κ2) is 4.59. The third-order valence-electron chi connectivity index (χ3n) is 2.34. The molecule has 2 heterocycles. The van der Waals surface area contributed by atoms with Crippen LogP contribution in [0.2, 0.25) is 0 Å². The summed E-state index contributed by atoms with van der Waals surface area (Å²) in [6.45, 7) is 4.94. The molecule has 2 rings (SSSR count). The van der Waals surface area contributed by atoms with Crippen molar-refractivity contribution >= 4 is 11.3 Å². The van der Waals surface area contributed by atoms with Gasteiger partial charge in [0.25, 0.3) is 0 Å². The lowest BCUT2D eigenvalue weighted by molar-refractivity contribution is 0.462. The Kier molecular flexibility index (Phi) is 3.18. The van der Waals surface area contributed by atoms with Crippen molar-refractivity contribution in [3.8, 4) is 0 Å². The van der Waals surface area contributed by atoms with E-state index in [1.165, 1.54) is 4.88 Å². The van der Waals surface area contributed by atoms with Gasteiger partial charge in [0.05, 0.1) is 24.0 Å². The number of nitrogens with one attached hydrogen (secondary N) is 1. The number of furan rings is 1. The number of aryl methyl sites for hydroxylation is 1. The largest absolute Gasteiger partial charge is 0.468 e. The van der Waals surface area contributed by atoms with Gasteiger partial charge >= 0.3 is 0 Å². The molecule has 0 spiro atoms. The minimum Gasteiger partial charge on any atom is -0.468 e. The number of thiazole rings is 1. The Morgan fingerprint density at radius 2 is 2.47 bits per heavy atom. The Balaban J connectivity index is 1.93. The van der Waals surface area contributed by atoms with Gasteiger partial charge in [0.1, 0.15) is 5.76 Å². The Morgan fingerprint density at radius 1 is 1.60 bits per heavy atom. The average Bonchev–Trinajstić information content (AvgIpc) is 2.84. The lowest BCUT2D eigenvalue weighted by Gasteiger charge is -2.11. The number of aromatic nitrogens is 1. The van der Waals surface area contributed by atoms with Crippen LogP contribution in [0.5, 0.6) is 0 Å². The third kappa shape index (κ3) is 2.46. The predicted octanol–water partition coefficient (Wildman–Crippen LogP) is 2.90. The summed E-state index contributed by atoms with van der Waals surface area (Å²) in [5.74, 6) is 0.962. The summed E-state index contributed by atoms with van der Waals surface area (Å²) < 4.78 is 5.26. The Hall–Kier alpha value is -1.13. The van der Waals surface area contributed by atoms with Crippen LogP contribution < -0.4 is 5.32 Å². The van der Waals surface area contributed by atoms with Crippen LogP contribution >= 0.6 is 11.3 Å². The van der Waals surface area contributed by atoms with Gasteiger partial charge in [0, 0.05) is 10.9 Å². The fraction of sp³-hybridized carbons (Fsp3) is 0.364. The first-order valence-corrected chi connectivity index (χ1v) is 5.81. The molecule has 2 aromatic heterocycles. The Labute approximate surface area is 93.2 Å². The van der Waals surface area contributed by atoms with Crippen molar-refractivity contribution in [3.05, 3.63) is 40.2 Å². The van der Waals surface area contributed by atoms with Crippen molar-refractivity contribution < 1.29 is 4.42 Å². The zero-order chi connectivity index (χ0) is 10.7. The van der Waals surface area contributed by atoms with E-state index in [4.69, 9.17) is 4.42 Å². The number of hydrogen-bond donors (Lipinski definition) is 1. The maximum absolute atomic E-state index is 5.26. The Morgan fingerprint density at radius 3 is 3.07 bits per heavy atom. The first-order chi connectivity index (χ1) is 7.27. The number of rotatable bonds is 4. The van der Waals surface area contributed by atoms with E-state index in [0.717, 1.165) is 18.0 Å². The van der Waals surface area contributed by atoms with Gasteiger partial charge in [-0.2, -0.15) is 0 Å². The molecule has 0 radical (unpaired) electrons. The van der Waals surface area contributed by atoms with Crippen LogP contribution in [0.1, 0.15) is 29.3 Å². The molecule has 0 aliphatic heterocycles. The molecule has 1 N–H and O–H groups in total. The van der Waals surface area contributed by atoms with Crippen molar-refractivity contribution in [2.45, 2.75) is 26.4 Å². The lowest BCUT2D eigenvalue weighted by atomic mass is 10.2. The van der Waals surface area contributed by atoms with Crippen molar-refractivity contribution in [1.82, 2.24) is 10.3 Å². The molecule has 0 bridgehead atoms. The normalized spacial score (nSPS) is 12.9. The maximum atomic E-state index is 5.26. The van der Waals surface area contributed by atoms with E-state index in [0.29, 0.717) is 6.04 Å². The lowest BCUT2D eigenvalue weighted by Crippen LogP contribution is -2.17. The van der Waals surface area contributed by atoms with E-state index in [9.17, 15) is 0 Å². The van der Waals surface area contributed by atoms with E-state index < -0.39 is 0 Å². The van der Waals surface area contributed by atoms with Crippen LogP contribution in [0.4, 0.5) is 0 Å². The molecule has 2 aromatic rings. The van der Waals surface area contributed by atoms with Crippen LogP contribution in [0.25, 0.3) is 0 Å². The highest BCUT2D eigenvalue weighted by atomic mass is 32.1. The van der Waals surface area contributed by atoms with Gasteiger partial charge in [-0.1, -0.05) is 0 Å². The molecule has 15 heavy (non-hydrogen) atoms. The molecule has 0 amide bonds. The topological polar surface area (TPSA) is 38.1 Å². The van der Waals surface area contributed by atoms with E-state index in [1.54, 1.807) is 17.6 Å². The molecule has 80 valence electrons. The molecule has 1 atom stereocenters. The minimum atomic E-state index is 0.322. The molecule has 0 aliphatic carbocycles. The van der Waals surface area contributed by atoms with Crippen molar-refractivity contribution in [2.24, 2.45) is 0 Å². The SMILES string of the molecule is Cc1ncsc1C(C)NCc1ccco1. The summed E-state index contributed by atoms with van der Waals surface area (Å²) >= 11 is 1.69. The highest BCUT2D eigenvalue weighted by molar-refractivity contribution is 7.09. The van der Waals surface area contributed by atoms with Crippen LogP contribution in [0, 0.1) is 6.92 Å². The quantitative estimate of drug-likeness (QED) is 0.864. The standard InChI is InChI=1S/C11H14N2OS/c1-8(11-9(2)13-7-15-11)12-6-10-4-3-5-14-10/h3-5,7-8,12H,6H2,1-2H3. The number of nitrogens with zero attached hydrogens (tertiary/aromatic N) is 1. The second-order valence-corrected chi connectivity index (χ2v) is 4.37. The van der Waals surface area contributed by atoms with Crippen LogP contribution in [-0.4, -0.2) is 4.98 Å². The average molecular weight is 222 g/mol. The van der Waals surface area contributed by atoms with Crippen LogP contribution in [-0.2, 0) is 6.54 Å². The highest BCUT2D eigenvalue weighted by Crippen LogP contribution is 2.21. The maximum Gasteiger partial charge on any atom is 0.117 e. The van der Waals surface area contributed by atoms with Crippen LogP contribution in [0.15, 0.2) is 28.3 Å². The molecule has 3 nitrogen and oxygen atoms in total. The second-order valence-electron chi connectivity index (χ2n) is 3.48. The monoisotopic (exact) mass is 222 g/mol. The zero-order valence-corrected chi connectivity index (χ0v) is 9.67. The first-order valence-electron chi connectivity index (χ1n) is 4.93. The molecule has 0 aromatic carbocycles. The highest BCUT2D eigenvalue weighted by Gasteiger charge is 2.10. The first kappa shape index (κ1) is 10.4. The molecular weight excluding hydrogens is 208 g/mol. The summed E-state index contributed by atoms with van der Waals surface area (Å²) in [4.78, 5) is 5.53. The van der Waals surface area contributed by atoms with Crippen molar-refractivity contribution in [3.63, 3.8) is 0 Å². The summed E-state index contributed by atoms with van der Waals surface area (Å²) in [5.41, 5.74) is 3.00. The van der Waals surface area contributed by atoms with Crippen molar-refractivity contribution in [2.75, 3.05) is 0 Å². The fourth-order valence-electron chi connectivity index (χ4n) is 1.49. The predicted molar refractivity (Wildman–Crippen MR) is 60.8 cm³/mol. The fourth-order valence-corrected chi connectivity index (χ4v) is 2.32. The molecule has 4 heteroatoms. The molecule has 0 fully saturated rings. The summed E-state index contributed by atoms with van der Waals surface area (Å²) in [6.07, 6.45) is 1.69. The zero-order valence-electron chi connectivity index (χ0n) is 8.86. The van der Waals surface area contributed by atoms with E-state index in [-0.39, 0.29) is 0 Å². The smallest absolute Gasteiger partial charge is 0.117 e. The van der Waals surface area contributed by atoms with Gasteiger partial charge in [0.15, 0.2) is 0 Å². The van der Waals surface area contributed by atoms with E-state index in [2.05, 4.69) is 17.2 Å². The third-order valence-corrected chi connectivity index (χ3v) is 3.45. The minimum absolute atomic E-state index is 0.322. The van der Waals surface area contributed by atoms with Gasteiger partial charge in [-0.25, -0.2) is 4.98 Å². The molecule has 0 aliphatic rings. The molecular formula is C11H14N2OS.